The number of carbonyl (C=O) groups is 1. The van der Waals surface area contributed by atoms with Crippen LogP contribution in [-0.2, 0) is 26.0 Å². The molecule has 0 spiro atoms. The standard InChI is InChI=1S/C24H30N4O4S/c29-24(18-27-12-9-19-5-1-2-6-22(19)27)25-21-17-20(7-8-23(21)26-10-3-4-11-26)33(30,31)28-13-15-32-16-14-28/h1-2,5-8,17H,3-4,9-16,18H2,(H,25,29). The van der Waals surface area contributed by atoms with Gasteiger partial charge in [-0.05, 0) is 49.1 Å². The van der Waals surface area contributed by atoms with Crippen molar-refractivity contribution >= 4 is 33.0 Å². The van der Waals surface area contributed by atoms with Crippen LogP contribution in [0.2, 0.25) is 0 Å². The molecule has 1 N–H and O–H groups in total. The number of amides is 1. The molecular weight excluding hydrogens is 440 g/mol. The van der Waals surface area contributed by atoms with Crippen molar-refractivity contribution in [2.45, 2.75) is 24.2 Å². The van der Waals surface area contributed by atoms with E-state index in [4.69, 9.17) is 4.74 Å². The van der Waals surface area contributed by atoms with E-state index in [-0.39, 0.29) is 17.3 Å². The molecule has 0 aliphatic carbocycles. The zero-order valence-electron chi connectivity index (χ0n) is 18.7. The molecule has 0 bridgehead atoms. The van der Waals surface area contributed by atoms with Crippen LogP contribution >= 0.6 is 0 Å². The summed E-state index contributed by atoms with van der Waals surface area (Å²) >= 11 is 0. The van der Waals surface area contributed by atoms with E-state index in [1.54, 1.807) is 12.1 Å². The number of benzene rings is 2. The van der Waals surface area contributed by atoms with Gasteiger partial charge in [0.2, 0.25) is 15.9 Å². The second-order valence-corrected chi connectivity index (χ2v) is 10.7. The van der Waals surface area contributed by atoms with Gasteiger partial charge < -0.3 is 19.9 Å². The number of hydrogen-bond donors (Lipinski definition) is 1. The van der Waals surface area contributed by atoms with Crippen molar-refractivity contribution < 1.29 is 17.9 Å². The van der Waals surface area contributed by atoms with Crippen LogP contribution in [0.5, 0.6) is 0 Å². The number of morpholine rings is 1. The summed E-state index contributed by atoms with van der Waals surface area (Å²) < 4.78 is 33.2. The van der Waals surface area contributed by atoms with Crippen LogP contribution < -0.4 is 15.1 Å². The van der Waals surface area contributed by atoms with E-state index in [2.05, 4.69) is 21.2 Å². The molecule has 0 saturated carbocycles. The van der Waals surface area contributed by atoms with E-state index in [1.165, 1.54) is 9.87 Å². The first-order chi connectivity index (χ1) is 16.0. The van der Waals surface area contributed by atoms with E-state index in [0.717, 1.165) is 50.3 Å². The van der Waals surface area contributed by atoms with Crippen LogP contribution in [0, 0.1) is 0 Å². The molecule has 3 aliphatic rings. The normalized spacial score (nSPS) is 19.0. The fourth-order valence-electron chi connectivity index (χ4n) is 4.88. The highest BCUT2D eigenvalue weighted by Gasteiger charge is 2.28. The highest BCUT2D eigenvalue weighted by atomic mass is 32.2. The Morgan fingerprint density at radius 1 is 0.939 bits per heavy atom. The predicted molar refractivity (Wildman–Crippen MR) is 128 cm³/mol. The Bertz CT molecular complexity index is 1130. The number of nitrogens with one attached hydrogen (secondary N) is 1. The minimum atomic E-state index is -3.65. The lowest BCUT2D eigenvalue weighted by molar-refractivity contribution is -0.115. The molecule has 33 heavy (non-hydrogen) atoms. The Labute approximate surface area is 195 Å². The zero-order valence-corrected chi connectivity index (χ0v) is 19.5. The summed E-state index contributed by atoms with van der Waals surface area (Å²) in [4.78, 5) is 17.6. The molecule has 1 amide bonds. The van der Waals surface area contributed by atoms with E-state index in [0.29, 0.717) is 32.0 Å². The summed E-state index contributed by atoms with van der Waals surface area (Å²) in [5.74, 6) is -0.145. The zero-order chi connectivity index (χ0) is 22.8. The quantitative estimate of drug-likeness (QED) is 0.698. The third-order valence-corrected chi connectivity index (χ3v) is 8.51. The van der Waals surface area contributed by atoms with Gasteiger partial charge in [-0.2, -0.15) is 4.31 Å². The molecule has 0 aromatic heterocycles. The van der Waals surface area contributed by atoms with Crippen LogP contribution in [0.1, 0.15) is 18.4 Å². The van der Waals surface area contributed by atoms with Crippen LogP contribution in [0.25, 0.3) is 0 Å². The molecule has 2 saturated heterocycles. The largest absolute Gasteiger partial charge is 0.379 e. The van der Waals surface area contributed by atoms with Gasteiger partial charge in [0, 0.05) is 38.4 Å². The Hall–Kier alpha value is -2.62. The van der Waals surface area contributed by atoms with Gasteiger partial charge in [0.05, 0.1) is 36.0 Å². The molecule has 2 fully saturated rings. The SMILES string of the molecule is O=C(CN1CCc2ccccc21)Nc1cc(S(=O)(=O)N2CCOCC2)ccc1N1CCCC1. The van der Waals surface area contributed by atoms with Crippen LogP contribution in [0.4, 0.5) is 17.1 Å². The molecule has 2 aromatic carbocycles. The van der Waals surface area contributed by atoms with Gasteiger partial charge in [-0.1, -0.05) is 18.2 Å². The summed E-state index contributed by atoms with van der Waals surface area (Å²) in [7, 11) is -3.65. The Morgan fingerprint density at radius 2 is 1.70 bits per heavy atom. The Morgan fingerprint density at radius 3 is 2.48 bits per heavy atom. The van der Waals surface area contributed by atoms with Gasteiger partial charge >= 0.3 is 0 Å². The van der Waals surface area contributed by atoms with E-state index in [1.807, 2.05) is 24.3 Å². The average molecular weight is 471 g/mol. The van der Waals surface area contributed by atoms with Gasteiger partial charge in [-0.3, -0.25) is 4.79 Å². The van der Waals surface area contributed by atoms with Gasteiger partial charge in [-0.15, -0.1) is 0 Å². The summed E-state index contributed by atoms with van der Waals surface area (Å²) in [6, 6.07) is 13.3. The van der Waals surface area contributed by atoms with Gasteiger partial charge in [-0.25, -0.2) is 8.42 Å². The van der Waals surface area contributed by atoms with E-state index in [9.17, 15) is 13.2 Å². The molecular formula is C24H30N4O4S. The van der Waals surface area contributed by atoms with Gasteiger partial charge in [0.15, 0.2) is 0 Å². The highest BCUT2D eigenvalue weighted by molar-refractivity contribution is 7.89. The summed E-state index contributed by atoms with van der Waals surface area (Å²) in [6.45, 7) is 4.31. The maximum Gasteiger partial charge on any atom is 0.243 e. The number of ether oxygens (including phenoxy) is 1. The van der Waals surface area contributed by atoms with Crippen molar-refractivity contribution in [3.05, 3.63) is 48.0 Å². The maximum absolute atomic E-state index is 13.2. The predicted octanol–water partition coefficient (Wildman–Crippen LogP) is 2.31. The maximum atomic E-state index is 13.2. The van der Waals surface area contributed by atoms with Crippen LogP contribution in [0.15, 0.2) is 47.4 Å². The smallest absolute Gasteiger partial charge is 0.243 e. The Kier molecular flexibility index (Phi) is 6.27. The summed E-state index contributed by atoms with van der Waals surface area (Å²) in [6.07, 6.45) is 3.10. The number of rotatable bonds is 6. The lowest BCUT2D eigenvalue weighted by Crippen LogP contribution is -2.40. The molecule has 176 valence electrons. The molecule has 5 rings (SSSR count). The first-order valence-electron chi connectivity index (χ1n) is 11.6. The van der Waals surface area contributed by atoms with Crippen LogP contribution in [-0.4, -0.2) is 71.1 Å². The minimum absolute atomic E-state index is 0.145. The fourth-order valence-corrected chi connectivity index (χ4v) is 6.31. The van der Waals surface area contributed by atoms with E-state index >= 15 is 0 Å². The number of nitrogens with zero attached hydrogens (tertiary/aromatic N) is 3. The van der Waals surface area contributed by atoms with Gasteiger partial charge in [0.1, 0.15) is 0 Å². The molecule has 0 unspecified atom stereocenters. The number of fused-ring (bicyclic) bond motifs is 1. The lowest BCUT2D eigenvalue weighted by Gasteiger charge is -2.27. The molecule has 3 heterocycles. The van der Waals surface area contributed by atoms with Crippen molar-refractivity contribution in [2.75, 3.05) is 67.6 Å². The van der Waals surface area contributed by atoms with Gasteiger partial charge in [0.25, 0.3) is 0 Å². The van der Waals surface area contributed by atoms with Crippen molar-refractivity contribution in [1.29, 1.82) is 0 Å². The average Bonchev–Trinajstić information content (AvgIpc) is 3.50. The lowest BCUT2D eigenvalue weighted by atomic mass is 10.2. The molecule has 9 heteroatoms. The first-order valence-corrected chi connectivity index (χ1v) is 13.1. The van der Waals surface area contributed by atoms with Crippen LogP contribution in [0.3, 0.4) is 0 Å². The third kappa shape index (κ3) is 4.58. The molecule has 2 aromatic rings. The Balaban J connectivity index is 1.39. The molecule has 0 atom stereocenters. The molecule has 3 aliphatic heterocycles. The number of carbonyl (C=O) groups excluding carboxylic acids is 1. The molecule has 0 radical (unpaired) electrons. The number of anilines is 3. The minimum Gasteiger partial charge on any atom is -0.379 e. The second-order valence-electron chi connectivity index (χ2n) is 8.74. The topological polar surface area (TPSA) is 82.2 Å². The summed E-state index contributed by atoms with van der Waals surface area (Å²) in [5, 5.41) is 3.03. The second kappa shape index (κ2) is 9.32. The van der Waals surface area contributed by atoms with Crippen molar-refractivity contribution in [1.82, 2.24) is 4.31 Å². The molecule has 8 nitrogen and oxygen atoms in total. The number of sulfonamides is 1. The number of hydrogen-bond acceptors (Lipinski definition) is 6. The number of para-hydroxylation sites is 1. The van der Waals surface area contributed by atoms with Crippen molar-refractivity contribution in [2.24, 2.45) is 0 Å². The van der Waals surface area contributed by atoms with Crippen molar-refractivity contribution in [3.63, 3.8) is 0 Å². The fraction of sp³-hybridized carbons (Fsp3) is 0.458. The van der Waals surface area contributed by atoms with E-state index < -0.39 is 10.0 Å². The highest BCUT2D eigenvalue weighted by Crippen LogP contribution is 2.33. The summed E-state index contributed by atoms with van der Waals surface area (Å²) in [5.41, 5.74) is 3.78. The monoisotopic (exact) mass is 470 g/mol. The van der Waals surface area contributed by atoms with Crippen molar-refractivity contribution in [3.8, 4) is 0 Å². The first kappa shape index (κ1) is 22.2. The third-order valence-electron chi connectivity index (χ3n) is 6.61.